The number of carbonyl (C=O) groups excluding carboxylic acids is 1. The number of aryl methyl sites for hydroxylation is 2. The summed E-state index contributed by atoms with van der Waals surface area (Å²) in [5, 5.41) is 8.58. The van der Waals surface area contributed by atoms with Crippen LogP contribution in [0.3, 0.4) is 0 Å². The first-order valence-corrected chi connectivity index (χ1v) is 12.2. The van der Waals surface area contributed by atoms with E-state index in [2.05, 4.69) is 10.2 Å². The van der Waals surface area contributed by atoms with Crippen molar-refractivity contribution in [1.82, 2.24) is 24.1 Å². The minimum Gasteiger partial charge on any atom is -0.339 e. The highest BCUT2D eigenvalue weighted by Gasteiger charge is 2.31. The zero-order valence-corrected chi connectivity index (χ0v) is 19.3. The number of rotatable bonds is 6. The zero-order chi connectivity index (χ0) is 22.1. The molecule has 2 aromatic rings. The number of nitrogen functional groups attached to an aromatic ring is 1. The van der Waals surface area contributed by atoms with Crippen molar-refractivity contribution in [1.29, 1.82) is 0 Å². The Kier molecular flexibility index (Phi) is 6.73. The maximum atomic E-state index is 13.0. The molecule has 9 nitrogen and oxygen atoms in total. The number of amides is 1. The second kappa shape index (κ2) is 8.94. The van der Waals surface area contributed by atoms with Crippen LogP contribution < -0.4 is 5.84 Å². The van der Waals surface area contributed by atoms with Gasteiger partial charge in [0.25, 0.3) is 0 Å². The number of aromatic nitrogens is 3. The fourth-order valence-electron chi connectivity index (χ4n) is 3.40. The summed E-state index contributed by atoms with van der Waals surface area (Å²) in [4.78, 5) is 14.6. The molecule has 1 aliphatic rings. The Bertz CT molecular complexity index is 1030. The molecule has 1 aromatic carbocycles. The molecule has 2 N–H and O–H groups in total. The van der Waals surface area contributed by atoms with E-state index in [4.69, 9.17) is 5.84 Å². The van der Waals surface area contributed by atoms with Crippen LogP contribution in [0.2, 0.25) is 0 Å². The number of nitrogens with zero attached hydrogens (tertiary/aromatic N) is 5. The van der Waals surface area contributed by atoms with E-state index in [-0.39, 0.29) is 30.7 Å². The summed E-state index contributed by atoms with van der Waals surface area (Å²) >= 11 is 1.23. The Morgan fingerprint density at radius 1 is 1.17 bits per heavy atom. The number of carbonyl (C=O) groups is 1. The van der Waals surface area contributed by atoms with Gasteiger partial charge in [-0.25, -0.2) is 13.1 Å². The molecule has 1 saturated heterocycles. The highest BCUT2D eigenvalue weighted by Crippen LogP contribution is 2.23. The highest BCUT2D eigenvalue weighted by atomic mass is 32.2. The molecule has 0 spiro atoms. The molecule has 11 heteroatoms. The standard InChI is InChI=1S/C19H28N6O3S2/c1-13(2)18-21-22-19(25(18)20)29-12-17(26)23-7-9-24(10-8-23)30(27,28)16-6-5-14(3)11-15(16)4/h5-6,11,13H,7-10,12,20H2,1-4H3. The first kappa shape index (κ1) is 22.6. The first-order valence-electron chi connectivity index (χ1n) is 9.79. The van der Waals surface area contributed by atoms with Gasteiger partial charge in [-0.3, -0.25) is 4.79 Å². The lowest BCUT2D eigenvalue weighted by Crippen LogP contribution is -2.51. The van der Waals surface area contributed by atoms with Crippen molar-refractivity contribution in [2.24, 2.45) is 0 Å². The molecule has 1 fully saturated rings. The van der Waals surface area contributed by atoms with Gasteiger partial charge < -0.3 is 10.7 Å². The largest absolute Gasteiger partial charge is 0.339 e. The lowest BCUT2D eigenvalue weighted by atomic mass is 10.2. The monoisotopic (exact) mass is 452 g/mol. The van der Waals surface area contributed by atoms with Crippen molar-refractivity contribution >= 4 is 27.7 Å². The predicted octanol–water partition coefficient (Wildman–Crippen LogP) is 1.36. The van der Waals surface area contributed by atoms with Crippen LogP contribution in [-0.2, 0) is 14.8 Å². The number of benzene rings is 1. The van der Waals surface area contributed by atoms with Crippen LogP contribution in [0.4, 0.5) is 0 Å². The molecule has 0 aliphatic carbocycles. The predicted molar refractivity (Wildman–Crippen MR) is 116 cm³/mol. The smallest absolute Gasteiger partial charge is 0.243 e. The summed E-state index contributed by atoms with van der Waals surface area (Å²) < 4.78 is 28.8. The zero-order valence-electron chi connectivity index (χ0n) is 17.7. The second-order valence-corrected chi connectivity index (χ2v) is 10.6. The van der Waals surface area contributed by atoms with Gasteiger partial charge in [0.05, 0.1) is 10.6 Å². The van der Waals surface area contributed by atoms with Crippen LogP contribution in [0.1, 0.15) is 36.7 Å². The van der Waals surface area contributed by atoms with E-state index in [1.165, 1.54) is 20.7 Å². The van der Waals surface area contributed by atoms with Crippen LogP contribution in [0, 0.1) is 13.8 Å². The Balaban J connectivity index is 1.58. The van der Waals surface area contributed by atoms with Gasteiger partial charge in [-0.1, -0.05) is 43.3 Å². The molecule has 1 aliphatic heterocycles. The third kappa shape index (κ3) is 4.62. The van der Waals surface area contributed by atoms with Crippen LogP contribution >= 0.6 is 11.8 Å². The van der Waals surface area contributed by atoms with E-state index < -0.39 is 10.0 Å². The molecule has 3 rings (SSSR count). The van der Waals surface area contributed by atoms with E-state index in [0.29, 0.717) is 29.0 Å². The van der Waals surface area contributed by atoms with Gasteiger partial charge in [-0.2, -0.15) is 4.31 Å². The van der Waals surface area contributed by atoms with Gasteiger partial charge in [-0.15, -0.1) is 10.2 Å². The van der Waals surface area contributed by atoms with Crippen molar-refractivity contribution in [3.8, 4) is 0 Å². The number of piperazine rings is 1. The molecule has 0 unspecified atom stereocenters. The Hall–Kier alpha value is -2.11. The van der Waals surface area contributed by atoms with Gasteiger partial charge in [-0.05, 0) is 25.5 Å². The van der Waals surface area contributed by atoms with Crippen LogP contribution in [-0.4, -0.2) is 70.3 Å². The minimum absolute atomic E-state index is 0.0716. The molecular formula is C19H28N6O3S2. The number of nitrogens with two attached hydrogens (primary N) is 1. The van der Waals surface area contributed by atoms with E-state index in [0.717, 1.165) is 11.1 Å². The lowest BCUT2D eigenvalue weighted by molar-refractivity contribution is -0.129. The van der Waals surface area contributed by atoms with Crippen molar-refractivity contribution in [3.63, 3.8) is 0 Å². The van der Waals surface area contributed by atoms with E-state index in [9.17, 15) is 13.2 Å². The molecule has 1 amide bonds. The van der Waals surface area contributed by atoms with Gasteiger partial charge in [0.15, 0.2) is 5.82 Å². The summed E-state index contributed by atoms with van der Waals surface area (Å²) in [6.07, 6.45) is 0. The fourth-order valence-corrected chi connectivity index (χ4v) is 5.80. The first-order chi connectivity index (χ1) is 14.1. The van der Waals surface area contributed by atoms with Gasteiger partial charge in [0, 0.05) is 32.1 Å². The van der Waals surface area contributed by atoms with E-state index >= 15 is 0 Å². The maximum Gasteiger partial charge on any atom is 0.243 e. The minimum atomic E-state index is -3.57. The average Bonchev–Trinajstić information content (AvgIpc) is 3.06. The number of thioether (sulfide) groups is 1. The third-order valence-corrected chi connectivity index (χ3v) is 8.06. The Morgan fingerprint density at radius 2 is 1.83 bits per heavy atom. The van der Waals surface area contributed by atoms with Gasteiger partial charge in [0.2, 0.25) is 21.1 Å². The topological polar surface area (TPSA) is 114 Å². The lowest BCUT2D eigenvalue weighted by Gasteiger charge is -2.34. The maximum absolute atomic E-state index is 13.0. The summed E-state index contributed by atoms with van der Waals surface area (Å²) in [5.74, 6) is 6.89. The van der Waals surface area contributed by atoms with Crippen molar-refractivity contribution < 1.29 is 13.2 Å². The molecule has 0 bridgehead atoms. The molecule has 0 atom stereocenters. The molecule has 30 heavy (non-hydrogen) atoms. The molecule has 2 heterocycles. The molecule has 0 radical (unpaired) electrons. The van der Waals surface area contributed by atoms with E-state index in [1.54, 1.807) is 24.0 Å². The molecule has 164 valence electrons. The van der Waals surface area contributed by atoms with Crippen molar-refractivity contribution in [2.45, 2.75) is 43.7 Å². The Labute approximate surface area is 181 Å². The quantitative estimate of drug-likeness (QED) is 0.520. The summed E-state index contributed by atoms with van der Waals surface area (Å²) in [5.41, 5.74) is 1.75. The SMILES string of the molecule is Cc1ccc(S(=O)(=O)N2CCN(C(=O)CSc3nnc(C(C)C)n3N)CC2)c(C)c1. The second-order valence-electron chi connectivity index (χ2n) is 7.71. The third-order valence-electron chi connectivity index (χ3n) is 5.07. The van der Waals surface area contributed by atoms with Crippen LogP contribution in [0.5, 0.6) is 0 Å². The van der Waals surface area contributed by atoms with Gasteiger partial charge in [0.1, 0.15) is 0 Å². The molecule has 1 aromatic heterocycles. The van der Waals surface area contributed by atoms with Crippen molar-refractivity contribution in [3.05, 3.63) is 35.2 Å². The summed E-state index contributed by atoms with van der Waals surface area (Å²) in [6.45, 7) is 8.94. The number of hydrogen-bond donors (Lipinski definition) is 1. The molecular weight excluding hydrogens is 424 g/mol. The van der Waals surface area contributed by atoms with Crippen LogP contribution in [0.25, 0.3) is 0 Å². The summed E-state index contributed by atoms with van der Waals surface area (Å²) in [6, 6.07) is 5.32. The van der Waals surface area contributed by atoms with Crippen molar-refractivity contribution in [2.75, 3.05) is 37.8 Å². The Morgan fingerprint density at radius 3 is 2.40 bits per heavy atom. The van der Waals surface area contributed by atoms with Crippen LogP contribution in [0.15, 0.2) is 28.3 Å². The molecule has 0 saturated carbocycles. The number of sulfonamides is 1. The van der Waals surface area contributed by atoms with Gasteiger partial charge >= 0.3 is 0 Å². The highest BCUT2D eigenvalue weighted by molar-refractivity contribution is 7.99. The normalized spacial score (nSPS) is 15.7. The van der Waals surface area contributed by atoms with E-state index in [1.807, 2.05) is 26.8 Å². The fraction of sp³-hybridized carbons (Fsp3) is 0.526. The number of hydrogen-bond acceptors (Lipinski definition) is 7. The average molecular weight is 453 g/mol. The summed E-state index contributed by atoms with van der Waals surface area (Å²) in [7, 11) is -3.57.